The summed E-state index contributed by atoms with van der Waals surface area (Å²) in [5.74, 6) is -0.288. The summed E-state index contributed by atoms with van der Waals surface area (Å²) < 4.78 is 5.29. The maximum Gasteiger partial charge on any atom is 0.303 e. The minimum atomic E-state index is -0.949. The van der Waals surface area contributed by atoms with Crippen LogP contribution in [0.15, 0.2) is 0 Å². The van der Waals surface area contributed by atoms with Crippen molar-refractivity contribution in [2.45, 2.75) is 81.9 Å². The molecule has 1 rings (SSSR count). The van der Waals surface area contributed by atoms with Crippen LogP contribution < -0.4 is 0 Å². The fraction of sp³-hybridized carbons (Fsp3) is 0.944. The van der Waals surface area contributed by atoms with Crippen LogP contribution in [-0.2, 0) is 9.53 Å². The molecule has 0 radical (unpaired) electrons. The van der Waals surface area contributed by atoms with E-state index in [-0.39, 0.29) is 24.2 Å². The smallest absolute Gasteiger partial charge is 0.303 e. The van der Waals surface area contributed by atoms with E-state index in [2.05, 4.69) is 0 Å². The molecule has 148 valence electrons. The van der Waals surface area contributed by atoms with Crippen molar-refractivity contribution in [3.05, 3.63) is 0 Å². The second-order valence-electron chi connectivity index (χ2n) is 7.29. The van der Waals surface area contributed by atoms with E-state index in [0.717, 1.165) is 25.7 Å². The molecule has 0 aromatic carbocycles. The van der Waals surface area contributed by atoms with Crippen molar-refractivity contribution in [3.8, 4) is 0 Å². The summed E-state index contributed by atoms with van der Waals surface area (Å²) in [6.45, 7) is 4.42. The first kappa shape index (κ1) is 22.7. The average molecular weight is 379 g/mol. The third-order valence-corrected chi connectivity index (χ3v) is 6.50. The lowest BCUT2D eigenvalue weighted by molar-refractivity contribution is -0.137. The number of carboxylic acid groups (broad SMARTS) is 1. The Bertz CT molecular complexity index is 390. The third-order valence-electron chi connectivity index (χ3n) is 4.66. The van der Waals surface area contributed by atoms with E-state index in [9.17, 15) is 20.1 Å². The molecule has 0 aliphatic heterocycles. The zero-order valence-corrected chi connectivity index (χ0v) is 16.2. The third kappa shape index (κ3) is 8.73. The van der Waals surface area contributed by atoms with E-state index in [1.54, 1.807) is 6.92 Å². The Morgan fingerprint density at radius 1 is 1.20 bits per heavy atom. The summed E-state index contributed by atoms with van der Waals surface area (Å²) in [6.07, 6.45) is 3.75. The summed E-state index contributed by atoms with van der Waals surface area (Å²) in [4.78, 5) is 10.5. The number of aliphatic hydroxyl groups is 3. The first-order valence-electron chi connectivity index (χ1n) is 9.26. The van der Waals surface area contributed by atoms with Crippen LogP contribution in [0.3, 0.4) is 0 Å². The maximum absolute atomic E-state index is 10.5. The molecule has 0 bridgehead atoms. The highest BCUT2D eigenvalue weighted by Gasteiger charge is 2.42. The van der Waals surface area contributed by atoms with Crippen molar-refractivity contribution in [2.24, 2.45) is 5.92 Å². The number of unbranched alkanes of at least 4 members (excludes halogenated alkanes) is 3. The number of carboxylic acids is 1. The number of hydrogen-bond donors (Lipinski definition) is 4. The van der Waals surface area contributed by atoms with Crippen molar-refractivity contribution < 1.29 is 30.0 Å². The van der Waals surface area contributed by atoms with Crippen LogP contribution in [0.5, 0.6) is 0 Å². The Morgan fingerprint density at radius 3 is 2.52 bits per heavy atom. The molecule has 0 spiro atoms. The van der Waals surface area contributed by atoms with E-state index >= 15 is 0 Å². The Labute approximate surface area is 155 Å². The van der Waals surface area contributed by atoms with Gasteiger partial charge in [0.15, 0.2) is 0 Å². The van der Waals surface area contributed by atoms with Crippen LogP contribution in [0.4, 0.5) is 0 Å². The van der Waals surface area contributed by atoms with Crippen molar-refractivity contribution in [1.82, 2.24) is 0 Å². The summed E-state index contributed by atoms with van der Waals surface area (Å²) >= 11 is 1.52. The van der Waals surface area contributed by atoms with Gasteiger partial charge in [-0.3, -0.25) is 4.79 Å². The molecule has 5 atom stereocenters. The Hall–Kier alpha value is -0.340. The van der Waals surface area contributed by atoms with Gasteiger partial charge in [-0.2, -0.15) is 11.8 Å². The zero-order valence-electron chi connectivity index (χ0n) is 15.4. The average Bonchev–Trinajstić information content (AvgIpc) is 2.80. The molecule has 7 heteroatoms. The van der Waals surface area contributed by atoms with Crippen LogP contribution in [0, 0.1) is 5.92 Å². The molecule has 25 heavy (non-hydrogen) atoms. The minimum Gasteiger partial charge on any atom is -0.481 e. The van der Waals surface area contributed by atoms with Gasteiger partial charge >= 0.3 is 5.97 Å². The molecule has 0 heterocycles. The standard InChI is InChI=1S/C18H34O6S/c1-3-24-11-18(2,23)12-25-17-13(14(19)10-15(17)20)8-6-4-5-7-9-16(21)22/h13-15,17,19-20,23H,3-12H2,1-2H3,(H,21,22)/t13-,14?,15?,17+,18?/m0/s1. The molecule has 6 nitrogen and oxygen atoms in total. The number of aliphatic hydroxyl groups excluding tert-OH is 2. The van der Waals surface area contributed by atoms with Gasteiger partial charge in [0, 0.05) is 30.5 Å². The molecule has 4 N–H and O–H groups in total. The molecule has 1 saturated carbocycles. The lowest BCUT2D eigenvalue weighted by Gasteiger charge is -2.28. The summed E-state index contributed by atoms with van der Waals surface area (Å²) in [6, 6.07) is 0. The lowest BCUT2D eigenvalue weighted by atomic mass is 9.97. The van der Waals surface area contributed by atoms with Gasteiger partial charge in [0.1, 0.15) is 0 Å². The second kappa shape index (κ2) is 11.4. The van der Waals surface area contributed by atoms with Crippen LogP contribution in [0.1, 0.15) is 58.8 Å². The van der Waals surface area contributed by atoms with Crippen molar-refractivity contribution in [1.29, 1.82) is 0 Å². The largest absolute Gasteiger partial charge is 0.481 e. The van der Waals surface area contributed by atoms with E-state index in [1.165, 1.54) is 11.8 Å². The van der Waals surface area contributed by atoms with Crippen molar-refractivity contribution in [2.75, 3.05) is 19.0 Å². The van der Waals surface area contributed by atoms with Gasteiger partial charge in [-0.1, -0.05) is 19.3 Å². The molecular weight excluding hydrogens is 344 g/mol. The Balaban J connectivity index is 2.38. The van der Waals surface area contributed by atoms with Crippen molar-refractivity contribution >= 4 is 17.7 Å². The van der Waals surface area contributed by atoms with Gasteiger partial charge in [-0.05, 0) is 32.6 Å². The first-order chi connectivity index (χ1) is 11.8. The minimum absolute atomic E-state index is 0.0161. The molecule has 1 aliphatic carbocycles. The Kier molecular flexibility index (Phi) is 10.3. The normalized spacial score (nSPS) is 28.8. The zero-order chi connectivity index (χ0) is 18.9. The Morgan fingerprint density at radius 2 is 1.88 bits per heavy atom. The molecule has 0 aromatic heterocycles. The van der Waals surface area contributed by atoms with Gasteiger partial charge in [0.2, 0.25) is 0 Å². The monoisotopic (exact) mass is 378 g/mol. The molecule has 1 aliphatic rings. The van der Waals surface area contributed by atoms with E-state index < -0.39 is 23.8 Å². The second-order valence-corrected chi connectivity index (χ2v) is 8.46. The fourth-order valence-corrected chi connectivity index (χ4v) is 4.83. The SMILES string of the molecule is CCOCC(C)(O)CS[C@H]1C(O)CC(O)[C@@H]1CCCCCCC(=O)O. The van der Waals surface area contributed by atoms with Gasteiger partial charge in [-0.15, -0.1) is 0 Å². The summed E-state index contributed by atoms with van der Waals surface area (Å²) in [5.41, 5.74) is -0.949. The number of carbonyl (C=O) groups is 1. The number of ether oxygens (including phenoxy) is 1. The van der Waals surface area contributed by atoms with E-state index in [4.69, 9.17) is 9.84 Å². The highest BCUT2D eigenvalue weighted by atomic mass is 32.2. The highest BCUT2D eigenvalue weighted by molar-refractivity contribution is 8.00. The molecule has 0 amide bonds. The first-order valence-corrected chi connectivity index (χ1v) is 10.3. The molecular formula is C18H34O6S. The van der Waals surface area contributed by atoms with Crippen LogP contribution >= 0.6 is 11.8 Å². The quantitative estimate of drug-likeness (QED) is 0.363. The highest BCUT2D eigenvalue weighted by Crippen LogP contribution is 2.39. The number of hydrogen-bond acceptors (Lipinski definition) is 6. The molecule has 0 aromatic rings. The van der Waals surface area contributed by atoms with Gasteiger partial charge in [-0.25, -0.2) is 0 Å². The van der Waals surface area contributed by atoms with E-state index in [0.29, 0.717) is 25.2 Å². The fourth-order valence-electron chi connectivity index (χ4n) is 3.30. The topological polar surface area (TPSA) is 107 Å². The molecule has 3 unspecified atom stereocenters. The van der Waals surface area contributed by atoms with E-state index in [1.807, 2.05) is 6.92 Å². The van der Waals surface area contributed by atoms with Crippen molar-refractivity contribution in [3.63, 3.8) is 0 Å². The summed E-state index contributed by atoms with van der Waals surface area (Å²) in [5, 5.41) is 39.4. The predicted octanol–water partition coefficient (Wildman–Crippen LogP) is 2.04. The van der Waals surface area contributed by atoms with Crippen LogP contribution in [0.25, 0.3) is 0 Å². The predicted molar refractivity (Wildman–Crippen MR) is 98.8 cm³/mol. The van der Waals surface area contributed by atoms with Crippen LogP contribution in [-0.4, -0.2) is 68.4 Å². The number of thioether (sulfide) groups is 1. The number of rotatable bonds is 13. The van der Waals surface area contributed by atoms with Gasteiger partial charge < -0.3 is 25.2 Å². The lowest BCUT2D eigenvalue weighted by Crippen LogP contribution is -2.36. The van der Waals surface area contributed by atoms with Crippen LogP contribution in [0.2, 0.25) is 0 Å². The van der Waals surface area contributed by atoms with Gasteiger partial charge in [0.25, 0.3) is 0 Å². The number of aliphatic carboxylic acids is 1. The maximum atomic E-state index is 10.5. The summed E-state index contributed by atoms with van der Waals surface area (Å²) in [7, 11) is 0. The molecule has 1 fully saturated rings. The van der Waals surface area contributed by atoms with Gasteiger partial charge in [0.05, 0.1) is 24.4 Å². The molecule has 0 saturated heterocycles.